The van der Waals surface area contributed by atoms with E-state index in [4.69, 9.17) is 0 Å². The molecule has 3 heteroatoms. The first-order valence-corrected chi connectivity index (χ1v) is 18.7. The average molecular weight is 676 g/mol. The summed E-state index contributed by atoms with van der Waals surface area (Å²) in [6, 6.07) is 40.4. The predicted molar refractivity (Wildman–Crippen MR) is 213 cm³/mol. The van der Waals surface area contributed by atoms with Crippen LogP contribution in [-0.4, -0.2) is 4.57 Å². The van der Waals surface area contributed by atoms with Crippen LogP contribution in [0.15, 0.2) is 122 Å². The zero-order valence-corrected chi connectivity index (χ0v) is 32.8. The highest BCUT2D eigenvalue weighted by atomic mass is 15.2. The van der Waals surface area contributed by atoms with Crippen molar-refractivity contribution < 1.29 is 9.13 Å². The van der Waals surface area contributed by atoms with Gasteiger partial charge in [-0.3, -0.25) is 0 Å². The van der Waals surface area contributed by atoms with Gasteiger partial charge in [0.05, 0.1) is 18.9 Å². The third-order valence-electron chi connectivity index (χ3n) is 11.3. The van der Waals surface area contributed by atoms with Crippen LogP contribution in [0.2, 0.25) is 0 Å². The van der Waals surface area contributed by atoms with E-state index < -0.39 is 0 Å². The van der Waals surface area contributed by atoms with E-state index in [1.165, 1.54) is 67.4 Å². The number of aryl methyl sites for hydroxylation is 3. The molecule has 51 heavy (non-hydrogen) atoms. The molecule has 0 aliphatic carbocycles. The summed E-state index contributed by atoms with van der Waals surface area (Å²) in [5, 5.41) is 0. The summed E-state index contributed by atoms with van der Waals surface area (Å²) >= 11 is 0. The Labute approximate surface area is 307 Å². The molecule has 0 radical (unpaired) electrons. The lowest BCUT2D eigenvalue weighted by molar-refractivity contribution is -0.692. The fourth-order valence-corrected chi connectivity index (χ4v) is 8.64. The van der Waals surface area contributed by atoms with Crippen LogP contribution in [0.1, 0.15) is 111 Å². The minimum Gasteiger partial charge on any atom is -0.236 e. The molecule has 3 nitrogen and oxygen atoms in total. The summed E-state index contributed by atoms with van der Waals surface area (Å²) in [6.07, 6.45) is 5.39. The van der Waals surface area contributed by atoms with Crippen LogP contribution in [-0.2, 0) is 31.3 Å². The number of rotatable bonds is 10. The normalized spacial score (nSPS) is 13.2. The third kappa shape index (κ3) is 6.60. The van der Waals surface area contributed by atoms with Crippen molar-refractivity contribution in [3.63, 3.8) is 0 Å². The molecular weight excluding hydrogens is 619 g/mol. The van der Waals surface area contributed by atoms with Gasteiger partial charge in [0.1, 0.15) is 30.5 Å². The molecule has 0 bridgehead atoms. The lowest BCUT2D eigenvalue weighted by Gasteiger charge is -2.30. The van der Waals surface area contributed by atoms with Crippen molar-refractivity contribution in [3.8, 4) is 16.8 Å². The van der Waals surface area contributed by atoms with Gasteiger partial charge in [0.25, 0.3) is 5.82 Å². The molecule has 0 aliphatic heterocycles. The molecule has 0 amide bonds. The highest BCUT2D eigenvalue weighted by Crippen LogP contribution is 2.41. The molecule has 6 rings (SSSR count). The molecule has 0 aliphatic rings. The molecule has 0 fully saturated rings. The van der Waals surface area contributed by atoms with Gasteiger partial charge in [-0.25, -0.2) is 9.13 Å². The highest BCUT2D eigenvalue weighted by Gasteiger charge is 2.45. The van der Waals surface area contributed by atoms with Gasteiger partial charge in [-0.05, 0) is 98.0 Å². The SMILES string of the molecule is Cc1ccccc1C(C)(C)c1cccc(CC(C)(c2ccccc2C)c2n(-c3c(C(C)C)cc(-c4ccccc4)cc3C(C)C)cc[n+]2C)[n+]1C. The third-order valence-corrected chi connectivity index (χ3v) is 11.3. The Kier molecular flexibility index (Phi) is 9.97. The van der Waals surface area contributed by atoms with Gasteiger partial charge in [0, 0.05) is 23.3 Å². The van der Waals surface area contributed by atoms with Crippen molar-refractivity contribution in [2.45, 2.75) is 91.4 Å². The number of pyridine rings is 1. The topological polar surface area (TPSA) is 12.7 Å². The highest BCUT2D eigenvalue weighted by molar-refractivity contribution is 5.70. The van der Waals surface area contributed by atoms with Crippen LogP contribution in [0.25, 0.3) is 16.8 Å². The van der Waals surface area contributed by atoms with Crippen molar-refractivity contribution in [2.24, 2.45) is 14.1 Å². The Bertz CT molecular complexity index is 2140. The largest absolute Gasteiger partial charge is 0.272 e. The number of hydrogen-bond acceptors (Lipinski definition) is 0. The second kappa shape index (κ2) is 14.1. The second-order valence-corrected chi connectivity index (χ2v) is 16.0. The number of imidazole rings is 1. The number of nitrogens with zero attached hydrogens (tertiary/aromatic N) is 3. The Balaban J connectivity index is 1.60. The van der Waals surface area contributed by atoms with Gasteiger partial charge in [-0.15, -0.1) is 0 Å². The molecule has 2 aromatic heterocycles. The standard InChI is InChI=1S/C48H57N3/c1-33(2)40-30-38(37-22-13-12-14-23-37)31-41(34(3)4)45(40)51-29-28-49(10)46(51)48(9,43-26-18-16-21-36(43)6)32-39-24-19-27-44(50(39)11)47(7,8)42-25-17-15-20-35(42)5/h12-31,33-34H,32H2,1-11H3/q+2. The fraction of sp³-hybridized carbons (Fsp3) is 0.333. The van der Waals surface area contributed by atoms with Crippen molar-refractivity contribution in [2.75, 3.05) is 0 Å². The average Bonchev–Trinajstić information content (AvgIpc) is 3.50. The summed E-state index contributed by atoms with van der Waals surface area (Å²) in [5.74, 6) is 1.95. The van der Waals surface area contributed by atoms with Gasteiger partial charge < -0.3 is 0 Å². The smallest absolute Gasteiger partial charge is 0.236 e. The predicted octanol–water partition coefficient (Wildman–Crippen LogP) is 10.5. The van der Waals surface area contributed by atoms with Gasteiger partial charge in [-0.2, -0.15) is 4.57 Å². The van der Waals surface area contributed by atoms with E-state index in [0.717, 1.165) is 6.42 Å². The van der Waals surface area contributed by atoms with E-state index >= 15 is 0 Å². The van der Waals surface area contributed by atoms with Crippen molar-refractivity contribution in [1.29, 1.82) is 0 Å². The lowest BCUT2D eigenvalue weighted by atomic mass is 9.74. The first-order valence-electron chi connectivity index (χ1n) is 18.7. The van der Waals surface area contributed by atoms with E-state index in [-0.39, 0.29) is 10.8 Å². The summed E-state index contributed by atoms with van der Waals surface area (Å²) in [4.78, 5) is 0. The van der Waals surface area contributed by atoms with Crippen LogP contribution in [0.5, 0.6) is 0 Å². The van der Waals surface area contributed by atoms with E-state index in [9.17, 15) is 0 Å². The van der Waals surface area contributed by atoms with Crippen LogP contribution in [0, 0.1) is 13.8 Å². The molecular formula is C48H57N3+2. The molecule has 0 saturated carbocycles. The molecule has 262 valence electrons. The van der Waals surface area contributed by atoms with Crippen LogP contribution in [0.4, 0.5) is 0 Å². The Morgan fingerprint density at radius 2 is 1.18 bits per heavy atom. The van der Waals surface area contributed by atoms with E-state index in [2.05, 4.69) is 212 Å². The first kappa shape index (κ1) is 36.0. The lowest BCUT2D eigenvalue weighted by Crippen LogP contribution is -2.49. The maximum atomic E-state index is 2.53. The minimum absolute atomic E-state index is 0.168. The van der Waals surface area contributed by atoms with Crippen molar-refractivity contribution in [1.82, 2.24) is 4.57 Å². The molecule has 0 spiro atoms. The van der Waals surface area contributed by atoms with E-state index in [1.807, 2.05) is 0 Å². The Hall–Kier alpha value is -4.76. The molecule has 1 unspecified atom stereocenters. The fourth-order valence-electron chi connectivity index (χ4n) is 8.64. The van der Waals surface area contributed by atoms with Crippen LogP contribution < -0.4 is 9.13 Å². The summed E-state index contributed by atoms with van der Waals surface area (Å²) in [7, 11) is 4.49. The van der Waals surface area contributed by atoms with Gasteiger partial charge in [0.2, 0.25) is 0 Å². The zero-order chi connectivity index (χ0) is 36.7. The molecule has 4 aromatic carbocycles. The monoisotopic (exact) mass is 675 g/mol. The van der Waals surface area contributed by atoms with Crippen LogP contribution in [0.3, 0.4) is 0 Å². The number of hydrogen-bond donors (Lipinski definition) is 0. The van der Waals surface area contributed by atoms with Crippen molar-refractivity contribution >= 4 is 0 Å². The van der Waals surface area contributed by atoms with Gasteiger partial charge in [-0.1, -0.05) is 107 Å². The minimum atomic E-state index is -0.368. The zero-order valence-electron chi connectivity index (χ0n) is 32.8. The maximum absolute atomic E-state index is 2.53. The van der Waals surface area contributed by atoms with Crippen molar-refractivity contribution in [3.05, 3.63) is 172 Å². The molecule has 0 N–H and O–H groups in total. The van der Waals surface area contributed by atoms with E-state index in [0.29, 0.717) is 11.8 Å². The van der Waals surface area contributed by atoms with Gasteiger partial charge in [0.15, 0.2) is 11.4 Å². The molecule has 2 heterocycles. The first-order chi connectivity index (χ1) is 24.3. The maximum Gasteiger partial charge on any atom is 0.272 e. The van der Waals surface area contributed by atoms with Gasteiger partial charge >= 0.3 is 0 Å². The number of aromatic nitrogens is 3. The quantitative estimate of drug-likeness (QED) is 0.128. The van der Waals surface area contributed by atoms with Crippen LogP contribution >= 0.6 is 0 Å². The summed E-state index contributed by atoms with van der Waals surface area (Å²) < 4.78 is 7.36. The summed E-state index contributed by atoms with van der Waals surface area (Å²) in [6.45, 7) is 21.0. The molecule has 0 saturated heterocycles. The van der Waals surface area contributed by atoms with E-state index in [1.54, 1.807) is 0 Å². The Morgan fingerprint density at radius 3 is 1.75 bits per heavy atom. The molecule has 6 aromatic rings. The second-order valence-electron chi connectivity index (χ2n) is 16.0. The molecule has 1 atom stereocenters. The number of benzene rings is 4. The Morgan fingerprint density at radius 1 is 0.627 bits per heavy atom. The summed E-state index contributed by atoms with van der Waals surface area (Å²) in [5.41, 5.74) is 14.0.